The van der Waals surface area contributed by atoms with Gasteiger partial charge in [-0.1, -0.05) is 37.3 Å². The average molecular weight is 295 g/mol. The maximum atomic E-state index is 10.4. The first-order valence-corrected chi connectivity index (χ1v) is 6.31. The third kappa shape index (κ3) is 2.42. The van der Waals surface area contributed by atoms with Gasteiger partial charge >= 0.3 is 0 Å². The molecule has 0 saturated carbocycles. The predicted molar refractivity (Wildman–Crippen MR) is 70.7 cm³/mol. The monoisotopic (exact) mass is 294 g/mol. The van der Waals surface area contributed by atoms with Crippen LogP contribution in [0.2, 0.25) is 0 Å². The molecule has 1 aromatic carbocycles. The summed E-state index contributed by atoms with van der Waals surface area (Å²) in [7, 11) is 1.83. The quantitative estimate of drug-likeness (QED) is 0.945. The van der Waals surface area contributed by atoms with E-state index in [1.165, 1.54) is 0 Å². The van der Waals surface area contributed by atoms with E-state index in [-0.39, 0.29) is 5.92 Å². The highest BCUT2D eigenvalue weighted by Gasteiger charge is 2.23. The summed E-state index contributed by atoms with van der Waals surface area (Å²) in [6.45, 7) is 2.01. The molecular formula is C13H15BrN2O. The Kier molecular flexibility index (Phi) is 3.64. The van der Waals surface area contributed by atoms with Gasteiger partial charge in [-0.25, -0.2) is 0 Å². The molecule has 0 bridgehead atoms. The van der Waals surface area contributed by atoms with Gasteiger partial charge in [0.1, 0.15) is 6.10 Å². The Balaban J connectivity index is 2.30. The number of hydrogen-bond acceptors (Lipinski definition) is 2. The van der Waals surface area contributed by atoms with E-state index in [0.29, 0.717) is 0 Å². The fourth-order valence-corrected chi connectivity index (χ4v) is 2.51. The fraction of sp³-hybridized carbons (Fsp3) is 0.308. The highest BCUT2D eigenvalue weighted by atomic mass is 79.9. The maximum Gasteiger partial charge on any atom is 0.103 e. The lowest BCUT2D eigenvalue weighted by Gasteiger charge is -2.20. The number of rotatable bonds is 3. The second kappa shape index (κ2) is 5.02. The van der Waals surface area contributed by atoms with Crippen molar-refractivity contribution in [3.8, 4) is 0 Å². The summed E-state index contributed by atoms with van der Waals surface area (Å²) in [5.74, 6) is 0.0305. The summed E-state index contributed by atoms with van der Waals surface area (Å²) in [6.07, 6.45) is 1.13. The molecule has 2 unspecified atom stereocenters. The van der Waals surface area contributed by atoms with E-state index in [1.807, 2.05) is 44.3 Å². The molecule has 1 heterocycles. The lowest BCUT2D eigenvalue weighted by Crippen LogP contribution is -2.12. The number of aromatic nitrogens is 2. The molecule has 4 heteroatoms. The van der Waals surface area contributed by atoms with Crippen LogP contribution < -0.4 is 0 Å². The SMILES string of the molecule is CC(c1ccccc1)C(O)c1c(Br)cnn1C. The van der Waals surface area contributed by atoms with Gasteiger partial charge in [-0.05, 0) is 21.5 Å². The van der Waals surface area contributed by atoms with Crippen molar-refractivity contribution in [3.05, 3.63) is 52.3 Å². The minimum absolute atomic E-state index is 0.0305. The largest absolute Gasteiger partial charge is 0.386 e. The number of benzene rings is 1. The molecule has 2 rings (SSSR count). The van der Waals surface area contributed by atoms with Crippen molar-refractivity contribution in [1.29, 1.82) is 0 Å². The molecule has 3 nitrogen and oxygen atoms in total. The Bertz CT molecular complexity index is 476. The van der Waals surface area contributed by atoms with Crippen LogP contribution in [0.1, 0.15) is 30.2 Å². The Morgan fingerprint density at radius 2 is 1.94 bits per heavy atom. The molecule has 2 atom stereocenters. The molecule has 0 aliphatic heterocycles. The summed E-state index contributed by atoms with van der Waals surface area (Å²) in [5, 5.41) is 14.5. The second-order valence-electron chi connectivity index (χ2n) is 4.15. The number of aliphatic hydroxyl groups excluding tert-OH is 1. The van der Waals surface area contributed by atoms with Gasteiger partial charge in [-0.2, -0.15) is 5.10 Å². The van der Waals surface area contributed by atoms with Crippen molar-refractivity contribution in [3.63, 3.8) is 0 Å². The van der Waals surface area contributed by atoms with E-state index in [9.17, 15) is 5.11 Å². The first-order chi connectivity index (χ1) is 8.11. The molecule has 1 N–H and O–H groups in total. The molecule has 90 valence electrons. The minimum Gasteiger partial charge on any atom is -0.386 e. The third-order valence-corrected chi connectivity index (χ3v) is 3.63. The maximum absolute atomic E-state index is 10.4. The highest BCUT2D eigenvalue weighted by Crippen LogP contribution is 2.33. The smallest absolute Gasteiger partial charge is 0.103 e. The molecule has 0 aliphatic carbocycles. The lowest BCUT2D eigenvalue weighted by molar-refractivity contribution is 0.141. The van der Waals surface area contributed by atoms with Crippen molar-refractivity contribution in [2.24, 2.45) is 7.05 Å². The van der Waals surface area contributed by atoms with Gasteiger partial charge in [-0.3, -0.25) is 4.68 Å². The van der Waals surface area contributed by atoms with Crippen LogP contribution in [0.5, 0.6) is 0 Å². The zero-order valence-corrected chi connectivity index (χ0v) is 11.4. The normalized spacial score (nSPS) is 14.6. The minimum atomic E-state index is -0.570. The molecule has 0 fully saturated rings. The molecule has 0 radical (unpaired) electrons. The zero-order valence-electron chi connectivity index (χ0n) is 9.84. The van der Waals surface area contributed by atoms with Crippen LogP contribution in [0.4, 0.5) is 0 Å². The Hall–Kier alpha value is -1.13. The Morgan fingerprint density at radius 3 is 2.47 bits per heavy atom. The summed E-state index contributed by atoms with van der Waals surface area (Å²) < 4.78 is 2.55. The third-order valence-electron chi connectivity index (χ3n) is 3.02. The lowest BCUT2D eigenvalue weighted by atomic mass is 9.93. The number of aliphatic hydroxyl groups is 1. The first kappa shape index (κ1) is 12.3. The van der Waals surface area contributed by atoms with E-state index >= 15 is 0 Å². The van der Waals surface area contributed by atoms with Crippen LogP contribution in [-0.4, -0.2) is 14.9 Å². The van der Waals surface area contributed by atoms with Gasteiger partial charge in [0, 0.05) is 13.0 Å². The molecule has 0 spiro atoms. The molecular weight excluding hydrogens is 280 g/mol. The molecule has 0 saturated heterocycles. The summed E-state index contributed by atoms with van der Waals surface area (Å²) in [5.41, 5.74) is 1.93. The summed E-state index contributed by atoms with van der Waals surface area (Å²) in [4.78, 5) is 0. The van der Waals surface area contributed by atoms with Gasteiger partial charge in [0.05, 0.1) is 16.4 Å². The predicted octanol–water partition coefficient (Wildman–Crippen LogP) is 3.02. The van der Waals surface area contributed by atoms with Gasteiger partial charge in [0.15, 0.2) is 0 Å². The number of nitrogens with zero attached hydrogens (tertiary/aromatic N) is 2. The van der Waals surface area contributed by atoms with E-state index in [4.69, 9.17) is 0 Å². The van der Waals surface area contributed by atoms with E-state index < -0.39 is 6.10 Å². The molecule has 0 aliphatic rings. The molecule has 17 heavy (non-hydrogen) atoms. The van der Waals surface area contributed by atoms with Crippen molar-refractivity contribution < 1.29 is 5.11 Å². The van der Waals surface area contributed by atoms with Crippen LogP contribution in [0.15, 0.2) is 41.0 Å². The summed E-state index contributed by atoms with van der Waals surface area (Å²) >= 11 is 3.42. The van der Waals surface area contributed by atoms with E-state index in [2.05, 4.69) is 21.0 Å². The van der Waals surface area contributed by atoms with Crippen molar-refractivity contribution in [2.75, 3.05) is 0 Å². The highest BCUT2D eigenvalue weighted by molar-refractivity contribution is 9.10. The van der Waals surface area contributed by atoms with Crippen LogP contribution in [0.3, 0.4) is 0 Å². The Morgan fingerprint density at radius 1 is 1.29 bits per heavy atom. The van der Waals surface area contributed by atoms with Crippen LogP contribution in [-0.2, 0) is 7.05 Å². The summed E-state index contributed by atoms with van der Waals surface area (Å²) in [6, 6.07) is 9.99. The van der Waals surface area contributed by atoms with Gasteiger partial charge in [-0.15, -0.1) is 0 Å². The molecule has 2 aromatic rings. The zero-order chi connectivity index (χ0) is 12.4. The number of aryl methyl sites for hydroxylation is 1. The standard InChI is InChI=1S/C13H15BrN2O/c1-9(10-6-4-3-5-7-10)13(17)12-11(14)8-15-16(12)2/h3-9,13,17H,1-2H3. The molecule has 0 amide bonds. The average Bonchev–Trinajstić information content (AvgIpc) is 2.68. The first-order valence-electron chi connectivity index (χ1n) is 5.51. The van der Waals surface area contributed by atoms with E-state index in [1.54, 1.807) is 10.9 Å². The van der Waals surface area contributed by atoms with Crippen LogP contribution in [0.25, 0.3) is 0 Å². The number of hydrogen-bond donors (Lipinski definition) is 1. The molecule has 1 aromatic heterocycles. The van der Waals surface area contributed by atoms with Crippen LogP contribution >= 0.6 is 15.9 Å². The Labute approximate surface area is 109 Å². The van der Waals surface area contributed by atoms with Crippen molar-refractivity contribution in [1.82, 2.24) is 9.78 Å². The topological polar surface area (TPSA) is 38.1 Å². The van der Waals surface area contributed by atoms with Crippen molar-refractivity contribution >= 4 is 15.9 Å². The van der Waals surface area contributed by atoms with Gasteiger partial charge in [0.25, 0.3) is 0 Å². The fourth-order valence-electron chi connectivity index (χ4n) is 1.93. The van der Waals surface area contributed by atoms with Crippen molar-refractivity contribution in [2.45, 2.75) is 18.9 Å². The van der Waals surface area contributed by atoms with Crippen LogP contribution in [0, 0.1) is 0 Å². The number of halogens is 1. The van der Waals surface area contributed by atoms with Gasteiger partial charge in [0.2, 0.25) is 0 Å². The second-order valence-corrected chi connectivity index (χ2v) is 5.00. The van der Waals surface area contributed by atoms with Gasteiger partial charge < -0.3 is 5.11 Å². The van der Waals surface area contributed by atoms with E-state index in [0.717, 1.165) is 15.7 Å².